The number of halogens is 1. The highest BCUT2D eigenvalue weighted by Gasteiger charge is 2.76. The number of aliphatic hydroxyl groups is 1. The molecule has 4 rings (SSSR count). The second kappa shape index (κ2) is 11.6. The van der Waals surface area contributed by atoms with Gasteiger partial charge in [0.2, 0.25) is 5.91 Å². The van der Waals surface area contributed by atoms with Gasteiger partial charge in [-0.1, -0.05) is 47.1 Å². The van der Waals surface area contributed by atoms with Crippen LogP contribution in [-0.2, 0) is 19.1 Å². The summed E-state index contributed by atoms with van der Waals surface area (Å²) in [6, 6.07) is 4.59. The van der Waals surface area contributed by atoms with Crippen LogP contribution in [0.2, 0.25) is 0 Å². The molecule has 0 aromatic heterocycles. The lowest BCUT2D eigenvalue weighted by molar-refractivity contribution is -0.154. The highest BCUT2D eigenvalue weighted by molar-refractivity contribution is 9.09. The fourth-order valence-corrected chi connectivity index (χ4v) is 9.94. The number of ether oxygens (including phenoxy) is 1. The van der Waals surface area contributed by atoms with E-state index in [4.69, 9.17) is 4.74 Å². The van der Waals surface area contributed by atoms with Crippen LogP contribution in [-0.4, -0.2) is 74.5 Å². The van der Waals surface area contributed by atoms with Crippen molar-refractivity contribution in [3.63, 3.8) is 0 Å². The number of amides is 2. The lowest BCUT2D eigenvalue weighted by Crippen LogP contribution is -2.58. The summed E-state index contributed by atoms with van der Waals surface area (Å²) in [7, 11) is 0. The maximum absolute atomic E-state index is 14.7. The van der Waals surface area contributed by atoms with Crippen molar-refractivity contribution in [2.45, 2.75) is 66.9 Å². The predicted molar refractivity (Wildman–Crippen MR) is 154 cm³/mol. The van der Waals surface area contributed by atoms with E-state index in [0.717, 1.165) is 16.8 Å². The third-order valence-electron chi connectivity index (χ3n) is 8.11. The molecule has 3 fully saturated rings. The van der Waals surface area contributed by atoms with E-state index in [1.165, 1.54) is 0 Å². The monoisotopic (exact) mass is 604 g/mol. The number of aliphatic hydroxyl groups excluding tert-OH is 1. The Labute approximate surface area is 237 Å². The number of esters is 1. The van der Waals surface area contributed by atoms with Crippen molar-refractivity contribution in [3.8, 4) is 0 Å². The first kappa shape index (κ1) is 28.9. The van der Waals surface area contributed by atoms with E-state index >= 15 is 0 Å². The number of alkyl halides is 1. The molecule has 1 N–H and O–H groups in total. The number of carbonyl (C=O) groups excluding carboxylic acids is 3. The van der Waals surface area contributed by atoms with Gasteiger partial charge in [-0.25, -0.2) is 0 Å². The van der Waals surface area contributed by atoms with Gasteiger partial charge in [-0.05, 0) is 50.3 Å². The van der Waals surface area contributed by atoms with Gasteiger partial charge in [0.25, 0.3) is 5.91 Å². The van der Waals surface area contributed by atoms with E-state index in [-0.39, 0.29) is 41.6 Å². The van der Waals surface area contributed by atoms with Crippen molar-refractivity contribution in [1.29, 1.82) is 0 Å². The lowest BCUT2D eigenvalue weighted by Gasteiger charge is -2.40. The highest BCUT2D eigenvalue weighted by Crippen LogP contribution is 2.68. The largest absolute Gasteiger partial charge is 0.465 e. The van der Waals surface area contributed by atoms with Crippen molar-refractivity contribution in [2.24, 2.45) is 11.8 Å². The molecule has 2 bridgehead atoms. The molecule has 1 spiro atoms. The number of aryl methyl sites for hydroxylation is 2. The van der Waals surface area contributed by atoms with E-state index in [9.17, 15) is 19.5 Å². The second-order valence-corrected chi connectivity index (χ2v) is 13.1. The van der Waals surface area contributed by atoms with Crippen LogP contribution in [0.5, 0.6) is 0 Å². The van der Waals surface area contributed by atoms with Crippen LogP contribution < -0.4 is 4.90 Å². The Balaban J connectivity index is 1.82. The normalized spacial score (nSPS) is 30.2. The molecule has 3 unspecified atom stereocenters. The first-order chi connectivity index (χ1) is 18.2. The zero-order chi connectivity index (χ0) is 27.8. The number of rotatable bonds is 11. The van der Waals surface area contributed by atoms with Crippen LogP contribution in [0.25, 0.3) is 0 Å². The molecule has 0 aliphatic carbocycles. The van der Waals surface area contributed by atoms with Gasteiger partial charge in [0.05, 0.1) is 35.8 Å². The summed E-state index contributed by atoms with van der Waals surface area (Å²) in [4.78, 5) is 45.5. The smallest absolute Gasteiger partial charge is 0.310 e. The number of fused-ring (bicyclic) bond motifs is 1. The van der Waals surface area contributed by atoms with Gasteiger partial charge in [0, 0.05) is 22.3 Å². The molecular formula is C29H37BrN2O5S. The molecule has 0 radical (unpaired) electrons. The molecule has 3 heterocycles. The van der Waals surface area contributed by atoms with Gasteiger partial charge in [0.1, 0.15) is 6.04 Å². The average Bonchev–Trinajstić information content (AvgIpc) is 3.48. The minimum atomic E-state index is -0.835. The molecule has 38 heavy (non-hydrogen) atoms. The van der Waals surface area contributed by atoms with Gasteiger partial charge in [-0.2, -0.15) is 0 Å². The summed E-state index contributed by atoms with van der Waals surface area (Å²) < 4.78 is 4.77. The third kappa shape index (κ3) is 4.64. The van der Waals surface area contributed by atoms with Crippen LogP contribution in [0.15, 0.2) is 43.5 Å². The van der Waals surface area contributed by atoms with Crippen LogP contribution in [0.1, 0.15) is 37.3 Å². The molecule has 7 nitrogen and oxygen atoms in total. The van der Waals surface area contributed by atoms with Crippen molar-refractivity contribution in [2.75, 3.05) is 24.7 Å². The Kier molecular flexibility index (Phi) is 8.79. The van der Waals surface area contributed by atoms with Gasteiger partial charge in [0.15, 0.2) is 0 Å². The fourth-order valence-electron chi connectivity index (χ4n) is 6.36. The van der Waals surface area contributed by atoms with E-state index in [1.807, 2.05) is 39.0 Å². The molecule has 9 heteroatoms. The molecular weight excluding hydrogens is 568 g/mol. The number of carbonyl (C=O) groups is 3. The molecule has 7 atom stereocenters. The summed E-state index contributed by atoms with van der Waals surface area (Å²) in [5.41, 5.74) is 2.73. The molecule has 1 aromatic rings. The molecule has 3 saturated heterocycles. The van der Waals surface area contributed by atoms with Crippen molar-refractivity contribution < 1.29 is 24.2 Å². The summed E-state index contributed by atoms with van der Waals surface area (Å²) in [6.07, 6.45) is 4.95. The molecule has 206 valence electrons. The van der Waals surface area contributed by atoms with Gasteiger partial charge < -0.3 is 19.6 Å². The summed E-state index contributed by atoms with van der Waals surface area (Å²) in [5.74, 6) is -2.23. The molecule has 1 aromatic carbocycles. The maximum atomic E-state index is 14.7. The van der Waals surface area contributed by atoms with Crippen LogP contribution >= 0.6 is 27.7 Å². The molecule has 2 amide bonds. The highest BCUT2D eigenvalue weighted by atomic mass is 79.9. The van der Waals surface area contributed by atoms with Gasteiger partial charge >= 0.3 is 5.97 Å². The Morgan fingerprint density at radius 1 is 1.34 bits per heavy atom. The first-order valence-corrected chi connectivity index (χ1v) is 15.0. The minimum Gasteiger partial charge on any atom is -0.465 e. The molecule has 3 aliphatic heterocycles. The third-order valence-corrected chi connectivity index (χ3v) is 11.3. The number of thioether (sulfide) groups is 1. The first-order valence-electron chi connectivity index (χ1n) is 13.2. The Morgan fingerprint density at radius 2 is 2.08 bits per heavy atom. The van der Waals surface area contributed by atoms with E-state index in [2.05, 4.69) is 29.1 Å². The van der Waals surface area contributed by atoms with E-state index in [0.29, 0.717) is 19.3 Å². The zero-order valence-corrected chi connectivity index (χ0v) is 24.7. The number of hydrogen-bond acceptors (Lipinski definition) is 6. The molecule has 3 aliphatic rings. The number of hydrogen-bond donors (Lipinski definition) is 1. The van der Waals surface area contributed by atoms with Crippen LogP contribution in [0.3, 0.4) is 0 Å². The van der Waals surface area contributed by atoms with E-state index < -0.39 is 34.6 Å². The zero-order valence-electron chi connectivity index (χ0n) is 22.3. The average molecular weight is 606 g/mol. The van der Waals surface area contributed by atoms with Crippen molar-refractivity contribution in [1.82, 2.24) is 4.90 Å². The SMILES string of the molecule is C=CCCOC(=O)[C@H]1[C@H]2C(=O)N([C@@H](CC)CO)C(C(=O)N(CC=C)c3cc(C)ccc3C)C23CC(Br)[C@@H]1S3. The standard InChI is InChI=1S/C29H37BrN2O5S/c1-6-9-13-37-28(36)22-23-26(34)32(19(8-3)16-33)25(29(23)15-20(30)24(22)38-29)27(35)31(12-7-2)21-14-17(4)10-11-18(21)5/h6-7,10-11,14,19-20,22-25,33H,1-2,8-9,12-13,15-16H2,3-5H3/t19-,20?,22-,23-,24-,25?,29?/m0/s1. The Bertz CT molecular complexity index is 1120. The Morgan fingerprint density at radius 3 is 2.71 bits per heavy atom. The predicted octanol–water partition coefficient (Wildman–Crippen LogP) is 4.18. The number of nitrogens with zero attached hydrogens (tertiary/aromatic N) is 2. The van der Waals surface area contributed by atoms with E-state index in [1.54, 1.807) is 33.7 Å². The van der Waals surface area contributed by atoms with Crippen LogP contribution in [0.4, 0.5) is 5.69 Å². The topological polar surface area (TPSA) is 87.1 Å². The van der Waals surface area contributed by atoms with Gasteiger partial charge in [-0.3, -0.25) is 14.4 Å². The molecule has 0 saturated carbocycles. The van der Waals surface area contributed by atoms with Crippen molar-refractivity contribution in [3.05, 3.63) is 54.6 Å². The quantitative estimate of drug-likeness (QED) is 0.176. The number of likely N-dealkylation sites (tertiary alicyclic amines) is 1. The lowest BCUT2D eigenvalue weighted by atomic mass is 9.71. The maximum Gasteiger partial charge on any atom is 0.310 e. The second-order valence-electron chi connectivity index (χ2n) is 10.4. The van der Waals surface area contributed by atoms with Gasteiger partial charge in [-0.15, -0.1) is 24.9 Å². The fraction of sp³-hybridized carbons (Fsp3) is 0.552. The minimum absolute atomic E-state index is 0.0495. The number of benzene rings is 1. The summed E-state index contributed by atoms with van der Waals surface area (Å²) in [6.45, 7) is 13.6. The van der Waals surface area contributed by atoms with Crippen LogP contribution in [0, 0.1) is 25.7 Å². The summed E-state index contributed by atoms with van der Waals surface area (Å²) >= 11 is 5.34. The number of anilines is 1. The summed E-state index contributed by atoms with van der Waals surface area (Å²) in [5, 5.41) is 10.1. The van der Waals surface area contributed by atoms with Crippen molar-refractivity contribution >= 4 is 51.2 Å². The Hall–Kier alpha value is -2.10.